The van der Waals surface area contributed by atoms with E-state index >= 15 is 0 Å². The van der Waals surface area contributed by atoms with Gasteiger partial charge in [-0.1, -0.05) is 12.1 Å². The molecule has 0 bridgehead atoms. The minimum Gasteiger partial charge on any atom is -0.454 e. The highest BCUT2D eigenvalue weighted by molar-refractivity contribution is 5.94. The number of hydrogen-bond donors (Lipinski definition) is 1. The van der Waals surface area contributed by atoms with E-state index < -0.39 is 6.04 Å². The first-order valence-corrected chi connectivity index (χ1v) is 7.80. The molecule has 1 aliphatic rings. The van der Waals surface area contributed by atoms with E-state index in [4.69, 9.17) is 9.47 Å². The van der Waals surface area contributed by atoms with Crippen LogP contribution in [0.3, 0.4) is 0 Å². The van der Waals surface area contributed by atoms with Crippen molar-refractivity contribution >= 4 is 22.5 Å². The number of aromatic nitrogens is 2. The zero-order chi connectivity index (χ0) is 17.4. The molecule has 7 nitrogen and oxygen atoms in total. The predicted octanol–water partition coefficient (Wildman–Crippen LogP) is 2.32. The number of rotatable bonds is 3. The fraction of sp³-hybridized carbons (Fsp3) is 0.167. The van der Waals surface area contributed by atoms with Crippen LogP contribution in [0.5, 0.6) is 11.5 Å². The Hall–Kier alpha value is -3.35. The first-order chi connectivity index (χ1) is 12.1. The summed E-state index contributed by atoms with van der Waals surface area (Å²) in [5, 5.41) is 3.26. The second kappa shape index (κ2) is 5.94. The molecule has 25 heavy (non-hydrogen) atoms. The lowest BCUT2D eigenvalue weighted by molar-refractivity contribution is -0.118. The van der Waals surface area contributed by atoms with Crippen LogP contribution >= 0.6 is 0 Å². The molecule has 1 aliphatic heterocycles. The summed E-state index contributed by atoms with van der Waals surface area (Å²) >= 11 is 0. The van der Waals surface area contributed by atoms with Gasteiger partial charge in [0.25, 0.3) is 5.56 Å². The van der Waals surface area contributed by atoms with Crippen molar-refractivity contribution in [2.45, 2.75) is 13.0 Å². The molecule has 0 radical (unpaired) electrons. The standard InChI is InChI=1S/C18H15N3O4/c1-11(21-9-19-14-5-3-2-4-13(14)18(21)23)17(22)20-12-6-7-15-16(8-12)25-10-24-15/h2-9,11H,10H2,1H3,(H,20,22)/t11-/m1/s1. The van der Waals surface area contributed by atoms with E-state index in [-0.39, 0.29) is 18.3 Å². The summed E-state index contributed by atoms with van der Waals surface area (Å²) in [5.41, 5.74) is 0.925. The molecule has 3 aromatic rings. The Morgan fingerprint density at radius 1 is 1.20 bits per heavy atom. The molecule has 1 atom stereocenters. The average Bonchev–Trinajstić information content (AvgIpc) is 3.09. The summed E-state index contributed by atoms with van der Waals surface area (Å²) in [6.45, 7) is 1.82. The molecule has 2 heterocycles. The molecule has 4 rings (SSSR count). The van der Waals surface area contributed by atoms with E-state index in [1.807, 2.05) is 6.07 Å². The summed E-state index contributed by atoms with van der Waals surface area (Å²) in [4.78, 5) is 29.4. The summed E-state index contributed by atoms with van der Waals surface area (Å²) in [5.74, 6) is 0.897. The van der Waals surface area contributed by atoms with Gasteiger partial charge in [-0.15, -0.1) is 0 Å². The first-order valence-electron chi connectivity index (χ1n) is 7.80. The van der Waals surface area contributed by atoms with Crippen LogP contribution in [0.15, 0.2) is 53.6 Å². The van der Waals surface area contributed by atoms with Gasteiger partial charge in [-0.2, -0.15) is 0 Å². The van der Waals surface area contributed by atoms with Gasteiger partial charge in [0.2, 0.25) is 12.7 Å². The Kier molecular flexibility index (Phi) is 3.61. The molecule has 1 amide bonds. The maximum atomic E-state index is 12.6. The monoisotopic (exact) mass is 337 g/mol. The van der Waals surface area contributed by atoms with Gasteiger partial charge in [-0.25, -0.2) is 4.98 Å². The van der Waals surface area contributed by atoms with E-state index in [0.29, 0.717) is 28.1 Å². The SMILES string of the molecule is C[C@H](C(=O)Nc1ccc2c(c1)OCO2)n1cnc2ccccc2c1=O. The number of carbonyl (C=O) groups is 1. The van der Waals surface area contributed by atoms with Crippen LogP contribution in [0.2, 0.25) is 0 Å². The van der Waals surface area contributed by atoms with E-state index in [1.54, 1.807) is 43.3 Å². The van der Waals surface area contributed by atoms with Gasteiger partial charge in [0.1, 0.15) is 6.04 Å². The molecule has 2 aromatic carbocycles. The smallest absolute Gasteiger partial charge is 0.261 e. The lowest BCUT2D eigenvalue weighted by Crippen LogP contribution is -2.31. The van der Waals surface area contributed by atoms with Crippen LogP contribution in [-0.2, 0) is 4.79 Å². The molecule has 1 aromatic heterocycles. The van der Waals surface area contributed by atoms with Gasteiger partial charge in [-0.05, 0) is 31.2 Å². The maximum absolute atomic E-state index is 12.6. The molecule has 0 spiro atoms. The number of hydrogen-bond acceptors (Lipinski definition) is 5. The predicted molar refractivity (Wildman–Crippen MR) is 91.9 cm³/mol. The van der Waals surface area contributed by atoms with Crippen molar-refractivity contribution < 1.29 is 14.3 Å². The Labute approximate surface area is 142 Å². The fourth-order valence-corrected chi connectivity index (χ4v) is 2.71. The third-order valence-electron chi connectivity index (χ3n) is 4.13. The quantitative estimate of drug-likeness (QED) is 0.793. The van der Waals surface area contributed by atoms with Crippen molar-refractivity contribution in [1.82, 2.24) is 9.55 Å². The molecular formula is C18H15N3O4. The van der Waals surface area contributed by atoms with Crippen molar-refractivity contribution in [2.75, 3.05) is 12.1 Å². The Balaban J connectivity index is 1.60. The minimum absolute atomic E-state index is 0.168. The van der Waals surface area contributed by atoms with Gasteiger partial charge in [0, 0.05) is 11.8 Å². The number of benzene rings is 2. The first kappa shape index (κ1) is 15.2. The molecule has 0 fully saturated rings. The van der Waals surface area contributed by atoms with Crippen molar-refractivity contribution in [3.05, 3.63) is 59.1 Å². The van der Waals surface area contributed by atoms with Crippen LogP contribution in [0.25, 0.3) is 10.9 Å². The normalized spacial score (nSPS) is 13.6. The number of amides is 1. The average molecular weight is 337 g/mol. The topological polar surface area (TPSA) is 82.4 Å². The van der Waals surface area contributed by atoms with Gasteiger partial charge in [0.05, 0.1) is 17.2 Å². The molecular weight excluding hydrogens is 322 g/mol. The summed E-state index contributed by atoms with van der Waals surface area (Å²) in [7, 11) is 0. The Morgan fingerprint density at radius 2 is 2.00 bits per heavy atom. The summed E-state index contributed by atoms with van der Waals surface area (Å²) in [6, 6.07) is 11.5. The molecule has 0 saturated heterocycles. The third kappa shape index (κ3) is 2.69. The summed E-state index contributed by atoms with van der Waals surface area (Å²) < 4.78 is 11.9. The number of fused-ring (bicyclic) bond motifs is 2. The molecule has 0 aliphatic carbocycles. The largest absolute Gasteiger partial charge is 0.454 e. The van der Waals surface area contributed by atoms with Crippen LogP contribution in [-0.4, -0.2) is 22.3 Å². The Morgan fingerprint density at radius 3 is 2.88 bits per heavy atom. The highest BCUT2D eigenvalue weighted by Crippen LogP contribution is 2.34. The van der Waals surface area contributed by atoms with Crippen LogP contribution in [0.4, 0.5) is 5.69 Å². The van der Waals surface area contributed by atoms with E-state index in [1.165, 1.54) is 10.9 Å². The fourth-order valence-electron chi connectivity index (χ4n) is 2.71. The summed E-state index contributed by atoms with van der Waals surface area (Å²) in [6.07, 6.45) is 1.40. The van der Waals surface area contributed by atoms with Crippen molar-refractivity contribution in [3.63, 3.8) is 0 Å². The Bertz CT molecular complexity index is 1030. The second-order valence-corrected chi connectivity index (χ2v) is 5.71. The minimum atomic E-state index is -0.713. The van der Waals surface area contributed by atoms with E-state index in [0.717, 1.165) is 0 Å². The number of nitrogens with zero attached hydrogens (tertiary/aromatic N) is 2. The highest BCUT2D eigenvalue weighted by Gasteiger charge is 2.19. The number of ether oxygens (including phenoxy) is 2. The lowest BCUT2D eigenvalue weighted by Gasteiger charge is -2.15. The van der Waals surface area contributed by atoms with Gasteiger partial charge < -0.3 is 14.8 Å². The van der Waals surface area contributed by atoms with Gasteiger partial charge in [0.15, 0.2) is 11.5 Å². The number of para-hydroxylation sites is 1. The van der Waals surface area contributed by atoms with E-state index in [2.05, 4.69) is 10.3 Å². The zero-order valence-corrected chi connectivity index (χ0v) is 13.4. The van der Waals surface area contributed by atoms with Crippen molar-refractivity contribution in [2.24, 2.45) is 0 Å². The molecule has 1 N–H and O–H groups in total. The molecule has 0 saturated carbocycles. The maximum Gasteiger partial charge on any atom is 0.261 e. The van der Waals surface area contributed by atoms with Crippen molar-refractivity contribution in [3.8, 4) is 11.5 Å². The number of carbonyl (C=O) groups excluding carboxylic acids is 1. The van der Waals surface area contributed by atoms with Crippen LogP contribution in [0.1, 0.15) is 13.0 Å². The van der Waals surface area contributed by atoms with Crippen molar-refractivity contribution in [1.29, 1.82) is 0 Å². The number of anilines is 1. The lowest BCUT2D eigenvalue weighted by atomic mass is 10.2. The second-order valence-electron chi connectivity index (χ2n) is 5.71. The molecule has 0 unspecified atom stereocenters. The molecule has 126 valence electrons. The zero-order valence-electron chi connectivity index (χ0n) is 13.4. The van der Waals surface area contributed by atoms with Crippen LogP contribution in [0, 0.1) is 0 Å². The van der Waals surface area contributed by atoms with Gasteiger partial charge in [-0.3, -0.25) is 14.2 Å². The molecule has 7 heteroatoms. The highest BCUT2D eigenvalue weighted by atomic mass is 16.7. The van der Waals surface area contributed by atoms with Gasteiger partial charge >= 0.3 is 0 Å². The number of nitrogens with one attached hydrogen (secondary N) is 1. The third-order valence-corrected chi connectivity index (χ3v) is 4.13. The van der Waals surface area contributed by atoms with Crippen LogP contribution < -0.4 is 20.3 Å². The van der Waals surface area contributed by atoms with E-state index in [9.17, 15) is 9.59 Å².